The Hall–Kier alpha value is -1.40. The van der Waals surface area contributed by atoms with E-state index in [-0.39, 0.29) is 17.4 Å². The van der Waals surface area contributed by atoms with Gasteiger partial charge in [0.25, 0.3) is 5.91 Å². The average Bonchev–Trinajstić information content (AvgIpc) is 2.78. The van der Waals surface area contributed by atoms with Crippen LogP contribution >= 0.6 is 15.9 Å². The lowest BCUT2D eigenvalue weighted by atomic mass is 10.0. The maximum atomic E-state index is 12.1. The summed E-state index contributed by atoms with van der Waals surface area (Å²) in [6, 6.07) is 4.48. The summed E-state index contributed by atoms with van der Waals surface area (Å²) in [4.78, 5) is 23.0. The molecule has 5 nitrogen and oxygen atoms in total. The largest absolute Gasteiger partial charge is 0.478 e. The van der Waals surface area contributed by atoms with Gasteiger partial charge in [-0.2, -0.15) is 0 Å². The number of rotatable bonds is 3. The molecule has 2 rings (SSSR count). The van der Waals surface area contributed by atoms with Gasteiger partial charge in [-0.1, -0.05) is 6.92 Å². The van der Waals surface area contributed by atoms with Crippen molar-refractivity contribution in [2.75, 3.05) is 11.9 Å². The van der Waals surface area contributed by atoms with Crippen molar-refractivity contribution in [2.24, 2.45) is 5.92 Å². The van der Waals surface area contributed by atoms with Gasteiger partial charge in [-0.05, 0) is 46.5 Å². The van der Waals surface area contributed by atoms with Crippen LogP contribution in [0.4, 0.5) is 5.69 Å². The number of ether oxygens (including phenoxy) is 1. The minimum atomic E-state index is -1.03. The first-order chi connectivity index (χ1) is 8.99. The molecule has 1 saturated heterocycles. The highest BCUT2D eigenvalue weighted by atomic mass is 79.9. The minimum absolute atomic E-state index is 0.124. The lowest BCUT2D eigenvalue weighted by molar-refractivity contribution is -0.126. The Morgan fingerprint density at radius 2 is 2.21 bits per heavy atom. The van der Waals surface area contributed by atoms with Gasteiger partial charge in [-0.25, -0.2) is 4.79 Å². The van der Waals surface area contributed by atoms with E-state index in [0.717, 1.165) is 6.42 Å². The third-order valence-corrected chi connectivity index (χ3v) is 3.81. The number of carbonyl (C=O) groups excluding carboxylic acids is 1. The van der Waals surface area contributed by atoms with Crippen molar-refractivity contribution >= 4 is 33.5 Å². The minimum Gasteiger partial charge on any atom is -0.478 e. The zero-order chi connectivity index (χ0) is 14.0. The van der Waals surface area contributed by atoms with E-state index in [1.54, 1.807) is 6.07 Å². The molecule has 0 aromatic heterocycles. The highest BCUT2D eigenvalue weighted by molar-refractivity contribution is 9.10. The molecule has 0 saturated carbocycles. The van der Waals surface area contributed by atoms with Crippen LogP contribution in [0.15, 0.2) is 22.7 Å². The molecule has 1 fully saturated rings. The fourth-order valence-corrected chi connectivity index (χ4v) is 2.33. The van der Waals surface area contributed by atoms with Crippen LogP contribution in [0.5, 0.6) is 0 Å². The summed E-state index contributed by atoms with van der Waals surface area (Å²) in [7, 11) is 0. The number of amides is 1. The third-order valence-electron chi connectivity index (χ3n) is 3.12. The van der Waals surface area contributed by atoms with E-state index in [4.69, 9.17) is 9.84 Å². The van der Waals surface area contributed by atoms with Gasteiger partial charge in [-0.15, -0.1) is 0 Å². The number of hydrogen-bond acceptors (Lipinski definition) is 3. The number of hydrogen-bond donors (Lipinski definition) is 2. The normalized spacial score (nSPS) is 22.2. The van der Waals surface area contributed by atoms with E-state index in [9.17, 15) is 9.59 Å². The number of carboxylic acids is 1. The first kappa shape index (κ1) is 14.0. The van der Waals surface area contributed by atoms with Crippen LogP contribution in [0, 0.1) is 5.92 Å². The Kier molecular flexibility index (Phi) is 4.21. The summed E-state index contributed by atoms with van der Waals surface area (Å²) >= 11 is 3.28. The second-order valence-electron chi connectivity index (χ2n) is 4.55. The second kappa shape index (κ2) is 5.71. The number of nitrogens with one attached hydrogen (secondary N) is 1. The molecule has 1 aromatic carbocycles. The molecule has 2 atom stereocenters. The lowest BCUT2D eigenvalue weighted by Gasteiger charge is -2.15. The van der Waals surface area contributed by atoms with Gasteiger partial charge >= 0.3 is 5.97 Å². The second-order valence-corrected chi connectivity index (χ2v) is 5.40. The molecule has 1 aromatic rings. The van der Waals surface area contributed by atoms with E-state index in [1.807, 2.05) is 6.92 Å². The van der Waals surface area contributed by atoms with Crippen LogP contribution in [0.2, 0.25) is 0 Å². The number of anilines is 1. The summed E-state index contributed by atoms with van der Waals surface area (Å²) in [5.41, 5.74) is 0.562. The lowest BCUT2D eigenvalue weighted by Crippen LogP contribution is -2.31. The number of carbonyl (C=O) groups is 2. The molecule has 0 bridgehead atoms. The molecule has 102 valence electrons. The van der Waals surface area contributed by atoms with Gasteiger partial charge in [-0.3, -0.25) is 4.79 Å². The quantitative estimate of drug-likeness (QED) is 0.894. The predicted octanol–water partition coefficient (Wildman–Crippen LogP) is 2.51. The first-order valence-corrected chi connectivity index (χ1v) is 6.73. The molecule has 1 heterocycles. The third kappa shape index (κ3) is 3.13. The Morgan fingerprint density at radius 1 is 1.47 bits per heavy atom. The van der Waals surface area contributed by atoms with Crippen LogP contribution in [0.25, 0.3) is 0 Å². The smallest absolute Gasteiger partial charge is 0.335 e. The maximum absolute atomic E-state index is 12.1. The number of carboxylic acid groups (broad SMARTS) is 1. The number of halogens is 1. The van der Waals surface area contributed by atoms with Crippen molar-refractivity contribution in [1.82, 2.24) is 0 Å². The molecule has 1 aliphatic rings. The maximum Gasteiger partial charge on any atom is 0.335 e. The predicted molar refractivity (Wildman–Crippen MR) is 73.3 cm³/mol. The van der Waals surface area contributed by atoms with Crippen LogP contribution in [0.1, 0.15) is 23.7 Å². The SMILES string of the molecule is CC1CCOC1C(=O)Nc1cc(C(=O)O)ccc1Br. The molecule has 1 aliphatic heterocycles. The van der Waals surface area contributed by atoms with Crippen molar-refractivity contribution in [3.05, 3.63) is 28.2 Å². The molecular formula is C13H14BrNO4. The standard InChI is InChI=1S/C13H14BrNO4/c1-7-4-5-19-11(7)12(16)15-10-6-8(13(17)18)2-3-9(10)14/h2-3,6-7,11H,4-5H2,1H3,(H,15,16)(H,17,18). The van der Waals surface area contributed by atoms with Crippen LogP contribution in [-0.2, 0) is 9.53 Å². The van der Waals surface area contributed by atoms with E-state index in [1.165, 1.54) is 12.1 Å². The Labute approximate surface area is 119 Å². The molecule has 2 unspecified atom stereocenters. The fourth-order valence-electron chi connectivity index (χ4n) is 1.99. The van der Waals surface area contributed by atoms with Crippen LogP contribution in [0.3, 0.4) is 0 Å². The summed E-state index contributed by atoms with van der Waals surface area (Å²) in [5.74, 6) is -1.11. The van der Waals surface area contributed by atoms with Crippen molar-refractivity contribution in [2.45, 2.75) is 19.4 Å². The van der Waals surface area contributed by atoms with Gasteiger partial charge in [0.15, 0.2) is 0 Å². The van der Waals surface area contributed by atoms with E-state index >= 15 is 0 Å². The van der Waals surface area contributed by atoms with E-state index in [0.29, 0.717) is 16.8 Å². The summed E-state index contributed by atoms with van der Waals surface area (Å²) in [5, 5.41) is 11.6. The van der Waals surface area contributed by atoms with Gasteiger partial charge in [0.05, 0.1) is 11.3 Å². The molecule has 0 aliphatic carbocycles. The highest BCUT2D eigenvalue weighted by Crippen LogP contribution is 2.26. The zero-order valence-corrected chi connectivity index (χ0v) is 11.9. The monoisotopic (exact) mass is 327 g/mol. The van der Waals surface area contributed by atoms with Crippen molar-refractivity contribution in [3.63, 3.8) is 0 Å². The zero-order valence-electron chi connectivity index (χ0n) is 10.4. The van der Waals surface area contributed by atoms with Gasteiger partial charge in [0, 0.05) is 11.1 Å². The summed E-state index contributed by atoms with van der Waals surface area (Å²) < 4.78 is 6.01. The summed E-state index contributed by atoms with van der Waals surface area (Å²) in [6.45, 7) is 2.54. The molecule has 6 heteroatoms. The fraction of sp³-hybridized carbons (Fsp3) is 0.385. The number of aromatic carboxylic acids is 1. The Morgan fingerprint density at radius 3 is 2.79 bits per heavy atom. The molecular weight excluding hydrogens is 314 g/mol. The molecule has 0 radical (unpaired) electrons. The van der Waals surface area contributed by atoms with Gasteiger partial charge in [0.1, 0.15) is 6.10 Å². The van der Waals surface area contributed by atoms with E-state index < -0.39 is 12.1 Å². The molecule has 19 heavy (non-hydrogen) atoms. The highest BCUT2D eigenvalue weighted by Gasteiger charge is 2.31. The van der Waals surface area contributed by atoms with Crippen molar-refractivity contribution in [1.29, 1.82) is 0 Å². The first-order valence-electron chi connectivity index (χ1n) is 5.94. The van der Waals surface area contributed by atoms with Crippen molar-refractivity contribution < 1.29 is 19.4 Å². The van der Waals surface area contributed by atoms with Gasteiger partial charge in [0.2, 0.25) is 0 Å². The topological polar surface area (TPSA) is 75.6 Å². The Bertz CT molecular complexity index is 517. The van der Waals surface area contributed by atoms with E-state index in [2.05, 4.69) is 21.2 Å². The van der Waals surface area contributed by atoms with Gasteiger partial charge < -0.3 is 15.2 Å². The van der Waals surface area contributed by atoms with Crippen LogP contribution < -0.4 is 5.32 Å². The molecule has 1 amide bonds. The Balaban J connectivity index is 2.16. The summed E-state index contributed by atoms with van der Waals surface area (Å²) in [6.07, 6.45) is 0.384. The molecule has 0 spiro atoms. The average molecular weight is 328 g/mol. The van der Waals surface area contributed by atoms with Crippen LogP contribution in [-0.4, -0.2) is 29.7 Å². The molecule has 2 N–H and O–H groups in total. The van der Waals surface area contributed by atoms with Crippen molar-refractivity contribution in [3.8, 4) is 0 Å². The number of benzene rings is 1.